The van der Waals surface area contributed by atoms with Crippen molar-refractivity contribution in [2.75, 3.05) is 0 Å². The molecule has 0 radical (unpaired) electrons. The van der Waals surface area contributed by atoms with E-state index in [1.54, 1.807) is 12.5 Å². The lowest BCUT2D eigenvalue weighted by molar-refractivity contribution is 0.413. The fourth-order valence-electron chi connectivity index (χ4n) is 1.00. The second kappa shape index (κ2) is 4.19. The molecule has 0 saturated heterocycles. The zero-order valence-electron chi connectivity index (χ0n) is 7.99. The third-order valence-corrected chi connectivity index (χ3v) is 2.31. The fourth-order valence-corrected chi connectivity index (χ4v) is 1.00. The Morgan fingerprint density at radius 3 is 2.58 bits per heavy atom. The Hall–Kier alpha value is -0.920. The van der Waals surface area contributed by atoms with Crippen LogP contribution in [0.4, 0.5) is 0 Å². The summed E-state index contributed by atoms with van der Waals surface area (Å²) in [7, 11) is 0. The molecule has 0 amide bonds. The summed E-state index contributed by atoms with van der Waals surface area (Å²) in [6.45, 7) is 6.74. The maximum atomic E-state index is 4.19. The summed E-state index contributed by atoms with van der Waals surface area (Å²) in [5.41, 5.74) is 1.14. The van der Waals surface area contributed by atoms with Crippen molar-refractivity contribution in [2.45, 2.75) is 27.2 Å². The van der Waals surface area contributed by atoms with Crippen LogP contribution in [0, 0.1) is 11.8 Å². The van der Waals surface area contributed by atoms with Gasteiger partial charge in [-0.25, -0.2) is 9.97 Å². The maximum Gasteiger partial charge on any atom is 0.115 e. The van der Waals surface area contributed by atoms with Crippen molar-refractivity contribution in [2.24, 2.45) is 11.8 Å². The van der Waals surface area contributed by atoms with Gasteiger partial charge in [0.25, 0.3) is 0 Å². The smallest absolute Gasteiger partial charge is 0.115 e. The van der Waals surface area contributed by atoms with Crippen LogP contribution in [0.25, 0.3) is 0 Å². The van der Waals surface area contributed by atoms with E-state index >= 15 is 0 Å². The van der Waals surface area contributed by atoms with Crippen LogP contribution in [0.15, 0.2) is 18.6 Å². The van der Waals surface area contributed by atoms with Gasteiger partial charge in [0.2, 0.25) is 0 Å². The fraction of sp³-hybridized carbons (Fsp3) is 0.600. The molecule has 1 aromatic heterocycles. The van der Waals surface area contributed by atoms with Crippen LogP contribution in [-0.4, -0.2) is 9.97 Å². The van der Waals surface area contributed by atoms with Crippen molar-refractivity contribution >= 4 is 0 Å². The first-order valence-corrected chi connectivity index (χ1v) is 4.45. The Morgan fingerprint density at radius 1 is 1.33 bits per heavy atom. The summed E-state index contributed by atoms with van der Waals surface area (Å²) in [6, 6.07) is 1.98. The molecule has 12 heavy (non-hydrogen) atoms. The first-order chi connectivity index (χ1) is 5.70. The molecule has 1 rings (SSSR count). The second-order valence-electron chi connectivity index (χ2n) is 3.63. The largest absolute Gasteiger partial charge is 0.245 e. The van der Waals surface area contributed by atoms with Crippen molar-refractivity contribution in [3.05, 3.63) is 24.3 Å². The summed E-state index contributed by atoms with van der Waals surface area (Å²) >= 11 is 0. The van der Waals surface area contributed by atoms with Crippen molar-refractivity contribution in [3.8, 4) is 0 Å². The zero-order chi connectivity index (χ0) is 8.97. The van der Waals surface area contributed by atoms with Crippen LogP contribution in [-0.2, 0) is 6.42 Å². The van der Waals surface area contributed by atoms with Gasteiger partial charge in [-0.1, -0.05) is 20.8 Å². The molecule has 2 nitrogen and oxygen atoms in total. The van der Waals surface area contributed by atoms with Gasteiger partial charge in [0.05, 0.1) is 0 Å². The topological polar surface area (TPSA) is 25.8 Å². The van der Waals surface area contributed by atoms with Crippen molar-refractivity contribution < 1.29 is 0 Å². The van der Waals surface area contributed by atoms with E-state index in [1.807, 2.05) is 6.07 Å². The Morgan fingerprint density at radius 2 is 2.08 bits per heavy atom. The van der Waals surface area contributed by atoms with Gasteiger partial charge in [0.15, 0.2) is 0 Å². The summed E-state index contributed by atoms with van der Waals surface area (Å²) in [6.07, 6.45) is 4.47. The summed E-state index contributed by atoms with van der Waals surface area (Å²) < 4.78 is 0. The quantitative estimate of drug-likeness (QED) is 0.685. The lowest BCUT2D eigenvalue weighted by atomic mass is 9.93. The monoisotopic (exact) mass is 164 g/mol. The number of hydrogen-bond acceptors (Lipinski definition) is 2. The summed E-state index contributed by atoms with van der Waals surface area (Å²) in [5, 5.41) is 0. The van der Waals surface area contributed by atoms with Gasteiger partial charge in [-0.3, -0.25) is 0 Å². The van der Waals surface area contributed by atoms with Gasteiger partial charge in [-0.05, 0) is 24.3 Å². The number of nitrogens with zero attached hydrogens (tertiary/aromatic N) is 2. The Labute approximate surface area is 74.1 Å². The predicted molar refractivity (Wildman–Crippen MR) is 49.7 cm³/mol. The molecular formula is C10H16N2. The molecular weight excluding hydrogens is 148 g/mol. The average Bonchev–Trinajstić information content (AvgIpc) is 2.06. The van der Waals surface area contributed by atoms with Gasteiger partial charge >= 0.3 is 0 Å². The van der Waals surface area contributed by atoms with Crippen molar-refractivity contribution in [3.63, 3.8) is 0 Å². The molecule has 0 aliphatic rings. The van der Waals surface area contributed by atoms with E-state index in [0.717, 1.165) is 18.0 Å². The average molecular weight is 164 g/mol. The van der Waals surface area contributed by atoms with E-state index in [4.69, 9.17) is 0 Å². The van der Waals surface area contributed by atoms with Gasteiger partial charge < -0.3 is 0 Å². The Balaban J connectivity index is 2.53. The highest BCUT2D eigenvalue weighted by atomic mass is 14.8. The molecule has 1 atom stereocenters. The van der Waals surface area contributed by atoms with E-state index in [1.165, 1.54) is 0 Å². The summed E-state index contributed by atoms with van der Waals surface area (Å²) in [5.74, 6) is 1.42. The lowest BCUT2D eigenvalue weighted by Gasteiger charge is -2.13. The van der Waals surface area contributed by atoms with Gasteiger partial charge in [0, 0.05) is 11.9 Å². The minimum atomic E-state index is 0.694. The molecule has 66 valence electrons. The molecule has 1 heterocycles. The van der Waals surface area contributed by atoms with Crippen LogP contribution in [0.3, 0.4) is 0 Å². The first kappa shape index (κ1) is 9.17. The SMILES string of the molecule is CC(C)[C@@H](C)Cc1ccncn1. The summed E-state index contributed by atoms with van der Waals surface area (Å²) in [4.78, 5) is 8.08. The molecule has 0 aromatic carbocycles. The third-order valence-electron chi connectivity index (χ3n) is 2.31. The van der Waals surface area contributed by atoms with Crippen molar-refractivity contribution in [1.82, 2.24) is 9.97 Å². The maximum absolute atomic E-state index is 4.19. The first-order valence-electron chi connectivity index (χ1n) is 4.45. The van der Waals surface area contributed by atoms with E-state index < -0.39 is 0 Å². The molecule has 0 N–H and O–H groups in total. The van der Waals surface area contributed by atoms with Crippen LogP contribution in [0.1, 0.15) is 26.5 Å². The standard InChI is InChI=1S/C10H16N2/c1-8(2)9(3)6-10-4-5-11-7-12-10/h4-5,7-9H,6H2,1-3H3/t9-/m0/s1. The van der Waals surface area contributed by atoms with Crippen LogP contribution in [0.5, 0.6) is 0 Å². The Kier molecular flexibility index (Phi) is 3.20. The Bertz CT molecular complexity index is 219. The zero-order valence-corrected chi connectivity index (χ0v) is 7.99. The number of aromatic nitrogens is 2. The normalized spacial score (nSPS) is 13.3. The van der Waals surface area contributed by atoms with E-state index in [2.05, 4.69) is 30.7 Å². The van der Waals surface area contributed by atoms with E-state index in [-0.39, 0.29) is 0 Å². The van der Waals surface area contributed by atoms with Gasteiger partial charge in [0.1, 0.15) is 6.33 Å². The van der Waals surface area contributed by atoms with Crippen molar-refractivity contribution in [1.29, 1.82) is 0 Å². The molecule has 0 spiro atoms. The van der Waals surface area contributed by atoms with Crippen LogP contribution >= 0.6 is 0 Å². The highest BCUT2D eigenvalue weighted by Gasteiger charge is 2.07. The predicted octanol–water partition coefficient (Wildman–Crippen LogP) is 2.31. The van der Waals surface area contributed by atoms with Crippen LogP contribution < -0.4 is 0 Å². The highest BCUT2D eigenvalue weighted by molar-refractivity contribution is 4.98. The third kappa shape index (κ3) is 2.61. The van der Waals surface area contributed by atoms with Crippen LogP contribution in [0.2, 0.25) is 0 Å². The van der Waals surface area contributed by atoms with Gasteiger partial charge in [-0.15, -0.1) is 0 Å². The minimum Gasteiger partial charge on any atom is -0.245 e. The minimum absolute atomic E-state index is 0.694. The molecule has 2 heteroatoms. The molecule has 0 aliphatic heterocycles. The number of hydrogen-bond donors (Lipinski definition) is 0. The number of rotatable bonds is 3. The van der Waals surface area contributed by atoms with E-state index in [9.17, 15) is 0 Å². The second-order valence-corrected chi connectivity index (χ2v) is 3.63. The van der Waals surface area contributed by atoms with E-state index in [0.29, 0.717) is 5.92 Å². The molecule has 0 unspecified atom stereocenters. The lowest BCUT2D eigenvalue weighted by Crippen LogP contribution is -2.08. The molecule has 0 aliphatic carbocycles. The van der Waals surface area contributed by atoms with Gasteiger partial charge in [-0.2, -0.15) is 0 Å². The highest BCUT2D eigenvalue weighted by Crippen LogP contribution is 2.14. The molecule has 0 saturated carbocycles. The molecule has 0 bridgehead atoms. The molecule has 1 aromatic rings. The molecule has 0 fully saturated rings.